The molecule has 1 heterocycles. The molecule has 2 rings (SSSR count). The fraction of sp³-hybridized carbons (Fsp3) is 0.333. The van der Waals surface area contributed by atoms with Gasteiger partial charge in [-0.25, -0.2) is 0 Å². The third-order valence-electron chi connectivity index (χ3n) is 2.30. The average molecular weight is 175 g/mol. The summed E-state index contributed by atoms with van der Waals surface area (Å²) in [6, 6.07) is 8.47. The highest BCUT2D eigenvalue weighted by Crippen LogP contribution is 2.20. The number of benzene rings is 1. The van der Waals surface area contributed by atoms with Gasteiger partial charge < -0.3 is 4.98 Å². The minimum absolute atomic E-state index is 0. The molecule has 1 nitrogen and oxygen atoms in total. The standard InChI is InChI=1S/C12H15N.H2/c1-9(2)7-10-8-13-12-6-4-3-5-11(10)12;/h3-6,8-9,13H,7H2,1-2H3;1H. The summed E-state index contributed by atoms with van der Waals surface area (Å²) in [5, 5.41) is 1.37. The first-order valence-electron chi connectivity index (χ1n) is 4.82. The van der Waals surface area contributed by atoms with Gasteiger partial charge in [-0.1, -0.05) is 32.0 Å². The van der Waals surface area contributed by atoms with Crippen LogP contribution >= 0.6 is 0 Å². The molecule has 0 atom stereocenters. The summed E-state index contributed by atoms with van der Waals surface area (Å²) in [6.45, 7) is 4.50. The molecule has 0 spiro atoms. The van der Waals surface area contributed by atoms with Crippen molar-refractivity contribution in [1.82, 2.24) is 4.98 Å². The largest absolute Gasteiger partial charge is 0.361 e. The van der Waals surface area contributed by atoms with E-state index in [9.17, 15) is 0 Å². The Kier molecular flexibility index (Phi) is 2.09. The van der Waals surface area contributed by atoms with E-state index in [1.165, 1.54) is 16.5 Å². The van der Waals surface area contributed by atoms with Gasteiger partial charge in [-0.05, 0) is 24.0 Å². The summed E-state index contributed by atoms with van der Waals surface area (Å²) in [6.07, 6.45) is 3.29. The van der Waals surface area contributed by atoms with Crippen molar-refractivity contribution in [2.45, 2.75) is 20.3 Å². The highest BCUT2D eigenvalue weighted by molar-refractivity contribution is 5.83. The van der Waals surface area contributed by atoms with Gasteiger partial charge >= 0.3 is 0 Å². The second kappa shape index (κ2) is 3.25. The van der Waals surface area contributed by atoms with Crippen molar-refractivity contribution in [3.63, 3.8) is 0 Å². The van der Waals surface area contributed by atoms with Crippen LogP contribution < -0.4 is 0 Å². The van der Waals surface area contributed by atoms with Gasteiger partial charge in [-0.2, -0.15) is 0 Å². The second-order valence-electron chi connectivity index (χ2n) is 3.96. The number of hydrogen-bond donors (Lipinski definition) is 1. The lowest BCUT2D eigenvalue weighted by atomic mass is 10.0. The molecule has 0 aliphatic carbocycles. The van der Waals surface area contributed by atoms with Gasteiger partial charge in [0.2, 0.25) is 0 Å². The maximum absolute atomic E-state index is 3.29. The Hall–Kier alpha value is -1.24. The number of aromatic amines is 1. The average Bonchev–Trinajstić information content (AvgIpc) is 2.48. The smallest absolute Gasteiger partial charge is 0.0456 e. The molecular weight excluding hydrogens is 158 g/mol. The van der Waals surface area contributed by atoms with Crippen LogP contribution in [-0.4, -0.2) is 4.98 Å². The highest BCUT2D eigenvalue weighted by atomic mass is 14.7. The zero-order valence-electron chi connectivity index (χ0n) is 8.17. The molecule has 2 aromatic rings. The minimum atomic E-state index is 0. The molecule has 0 saturated carbocycles. The molecule has 0 radical (unpaired) electrons. The summed E-state index contributed by atoms with van der Waals surface area (Å²) in [5.41, 5.74) is 2.68. The summed E-state index contributed by atoms with van der Waals surface area (Å²) >= 11 is 0. The lowest BCUT2D eigenvalue weighted by molar-refractivity contribution is 0.650. The van der Waals surface area contributed by atoms with E-state index in [4.69, 9.17) is 0 Å². The van der Waals surface area contributed by atoms with Gasteiger partial charge in [0, 0.05) is 18.5 Å². The van der Waals surface area contributed by atoms with E-state index in [1.807, 2.05) is 0 Å². The number of para-hydroxylation sites is 1. The van der Waals surface area contributed by atoms with Crippen LogP contribution in [0.4, 0.5) is 0 Å². The van der Waals surface area contributed by atoms with Crippen LogP contribution in [0.25, 0.3) is 10.9 Å². The van der Waals surface area contributed by atoms with Crippen molar-refractivity contribution in [1.29, 1.82) is 0 Å². The maximum Gasteiger partial charge on any atom is 0.0456 e. The van der Waals surface area contributed by atoms with Gasteiger partial charge in [0.25, 0.3) is 0 Å². The first kappa shape index (κ1) is 8.36. The van der Waals surface area contributed by atoms with Crippen molar-refractivity contribution in [2.75, 3.05) is 0 Å². The van der Waals surface area contributed by atoms with E-state index in [2.05, 4.69) is 49.3 Å². The molecule has 0 fully saturated rings. The van der Waals surface area contributed by atoms with Crippen LogP contribution in [0.5, 0.6) is 0 Å². The number of nitrogens with one attached hydrogen (secondary N) is 1. The van der Waals surface area contributed by atoms with Crippen LogP contribution in [0.1, 0.15) is 20.8 Å². The van der Waals surface area contributed by atoms with Crippen molar-refractivity contribution >= 4 is 10.9 Å². The zero-order chi connectivity index (χ0) is 9.26. The predicted molar refractivity (Wildman–Crippen MR) is 59.0 cm³/mol. The Balaban J connectivity index is 0.000000980. The quantitative estimate of drug-likeness (QED) is 0.717. The summed E-state index contributed by atoms with van der Waals surface area (Å²) in [5.74, 6) is 0.721. The third-order valence-corrected chi connectivity index (χ3v) is 2.30. The number of H-pyrrole nitrogens is 1. The Morgan fingerprint density at radius 1 is 1.31 bits per heavy atom. The van der Waals surface area contributed by atoms with Crippen LogP contribution in [0.15, 0.2) is 30.5 Å². The first-order valence-corrected chi connectivity index (χ1v) is 4.82. The first-order chi connectivity index (χ1) is 6.27. The van der Waals surface area contributed by atoms with Crippen LogP contribution in [-0.2, 0) is 6.42 Å². The summed E-state index contributed by atoms with van der Waals surface area (Å²) in [4.78, 5) is 3.29. The number of rotatable bonds is 2. The summed E-state index contributed by atoms with van der Waals surface area (Å²) in [7, 11) is 0. The maximum atomic E-state index is 3.29. The molecular formula is C12H17N. The van der Waals surface area contributed by atoms with E-state index in [0.29, 0.717) is 0 Å². The normalized spacial score (nSPS) is 11.3. The van der Waals surface area contributed by atoms with Crippen LogP contribution in [0.2, 0.25) is 0 Å². The second-order valence-corrected chi connectivity index (χ2v) is 3.96. The van der Waals surface area contributed by atoms with Crippen molar-refractivity contribution < 1.29 is 1.43 Å². The fourth-order valence-electron chi connectivity index (χ4n) is 1.74. The van der Waals surface area contributed by atoms with Gasteiger partial charge in [0.15, 0.2) is 0 Å². The molecule has 13 heavy (non-hydrogen) atoms. The minimum Gasteiger partial charge on any atom is -0.361 e. The number of aromatic nitrogens is 1. The summed E-state index contributed by atoms with van der Waals surface area (Å²) < 4.78 is 0. The van der Waals surface area contributed by atoms with Gasteiger partial charge in [-0.15, -0.1) is 0 Å². The molecule has 70 valence electrons. The molecule has 1 aromatic carbocycles. The highest BCUT2D eigenvalue weighted by Gasteiger charge is 2.03. The zero-order valence-corrected chi connectivity index (χ0v) is 8.17. The Morgan fingerprint density at radius 2 is 2.08 bits per heavy atom. The molecule has 0 aliphatic rings. The fourth-order valence-corrected chi connectivity index (χ4v) is 1.74. The SMILES string of the molecule is CC(C)Cc1c[nH]c2ccccc12.[HH]. The molecule has 0 saturated heterocycles. The van der Waals surface area contributed by atoms with Crippen LogP contribution in [0, 0.1) is 5.92 Å². The predicted octanol–water partition coefficient (Wildman–Crippen LogP) is 3.61. The number of hydrogen-bond acceptors (Lipinski definition) is 0. The van der Waals surface area contributed by atoms with Gasteiger partial charge in [0.05, 0.1) is 0 Å². The van der Waals surface area contributed by atoms with Crippen molar-refractivity contribution in [2.24, 2.45) is 5.92 Å². The molecule has 1 N–H and O–H groups in total. The van der Waals surface area contributed by atoms with E-state index in [-0.39, 0.29) is 1.43 Å². The van der Waals surface area contributed by atoms with Gasteiger partial charge in [-0.3, -0.25) is 0 Å². The van der Waals surface area contributed by atoms with Crippen molar-refractivity contribution in [3.8, 4) is 0 Å². The molecule has 0 unspecified atom stereocenters. The topological polar surface area (TPSA) is 15.8 Å². The van der Waals surface area contributed by atoms with E-state index >= 15 is 0 Å². The van der Waals surface area contributed by atoms with E-state index in [1.54, 1.807) is 0 Å². The Labute approximate surface area is 80.3 Å². The van der Waals surface area contributed by atoms with Crippen molar-refractivity contribution in [3.05, 3.63) is 36.0 Å². The molecule has 0 amide bonds. The third kappa shape index (κ3) is 1.59. The lowest BCUT2D eigenvalue weighted by Crippen LogP contribution is -1.91. The Bertz CT molecular complexity index is 403. The molecule has 1 heteroatoms. The molecule has 1 aromatic heterocycles. The van der Waals surface area contributed by atoms with E-state index in [0.717, 1.165) is 12.3 Å². The number of fused-ring (bicyclic) bond motifs is 1. The molecule has 0 aliphatic heterocycles. The monoisotopic (exact) mass is 175 g/mol. The van der Waals surface area contributed by atoms with Gasteiger partial charge in [0.1, 0.15) is 0 Å². The van der Waals surface area contributed by atoms with E-state index < -0.39 is 0 Å². The molecule has 0 bridgehead atoms. The Morgan fingerprint density at radius 3 is 2.85 bits per heavy atom. The lowest BCUT2D eigenvalue weighted by Gasteiger charge is -2.01. The van der Waals surface area contributed by atoms with Crippen LogP contribution in [0.3, 0.4) is 0 Å².